The zero-order chi connectivity index (χ0) is 10.4. The normalized spacial score (nSPS) is 21.6. The van der Waals surface area contributed by atoms with E-state index in [1.54, 1.807) is 14.2 Å². The van der Waals surface area contributed by atoms with Crippen LogP contribution in [0.15, 0.2) is 0 Å². The van der Waals surface area contributed by atoms with Crippen LogP contribution in [0.1, 0.15) is 19.3 Å². The molecule has 0 bridgehead atoms. The summed E-state index contributed by atoms with van der Waals surface area (Å²) >= 11 is 0. The van der Waals surface area contributed by atoms with E-state index in [2.05, 4.69) is 5.32 Å². The zero-order valence-electron chi connectivity index (χ0n) is 9.21. The van der Waals surface area contributed by atoms with Crippen molar-refractivity contribution in [2.45, 2.75) is 30.9 Å². The predicted molar refractivity (Wildman–Crippen MR) is 56.3 cm³/mol. The van der Waals surface area contributed by atoms with E-state index >= 15 is 0 Å². The van der Waals surface area contributed by atoms with Crippen molar-refractivity contribution in [3.05, 3.63) is 0 Å². The molecule has 1 atom stereocenters. The molecule has 0 saturated heterocycles. The fourth-order valence-corrected chi connectivity index (χ4v) is 1.69. The Bertz CT molecular complexity index is 160. The minimum atomic E-state index is 0.0470. The molecule has 1 fully saturated rings. The predicted octanol–water partition coefficient (Wildman–Crippen LogP) is 0.119. The van der Waals surface area contributed by atoms with Crippen molar-refractivity contribution in [2.75, 3.05) is 33.9 Å². The van der Waals surface area contributed by atoms with E-state index in [1.165, 1.54) is 6.42 Å². The van der Waals surface area contributed by atoms with Crippen LogP contribution in [0.5, 0.6) is 0 Å². The van der Waals surface area contributed by atoms with Crippen LogP contribution in [0, 0.1) is 0 Å². The Morgan fingerprint density at radius 1 is 1.43 bits per heavy atom. The third-order valence-electron chi connectivity index (χ3n) is 2.88. The summed E-state index contributed by atoms with van der Waals surface area (Å²) in [6, 6.07) is 0. The number of methoxy groups -OCH3 is 2. The van der Waals surface area contributed by atoms with Gasteiger partial charge in [-0.25, -0.2) is 0 Å². The SMILES string of the molecule is COCC(CNCC1(N)CCC1)OC. The molecule has 1 rings (SSSR count). The highest BCUT2D eigenvalue weighted by atomic mass is 16.5. The number of nitrogens with two attached hydrogens (primary N) is 1. The molecule has 0 spiro atoms. The molecule has 1 aliphatic carbocycles. The van der Waals surface area contributed by atoms with Gasteiger partial charge < -0.3 is 20.5 Å². The monoisotopic (exact) mass is 202 g/mol. The van der Waals surface area contributed by atoms with Crippen molar-refractivity contribution >= 4 is 0 Å². The minimum Gasteiger partial charge on any atom is -0.382 e. The highest BCUT2D eigenvalue weighted by Gasteiger charge is 2.31. The number of hydrogen-bond donors (Lipinski definition) is 2. The Kier molecular flexibility index (Phi) is 4.81. The van der Waals surface area contributed by atoms with Crippen molar-refractivity contribution in [3.8, 4) is 0 Å². The van der Waals surface area contributed by atoms with E-state index in [-0.39, 0.29) is 11.6 Å². The average Bonchev–Trinajstić information content (AvgIpc) is 2.14. The third-order valence-corrected chi connectivity index (χ3v) is 2.88. The molecule has 1 aliphatic rings. The third kappa shape index (κ3) is 3.53. The quantitative estimate of drug-likeness (QED) is 0.615. The van der Waals surface area contributed by atoms with E-state index in [9.17, 15) is 0 Å². The Hall–Kier alpha value is -0.160. The van der Waals surface area contributed by atoms with E-state index in [0.717, 1.165) is 25.9 Å². The van der Waals surface area contributed by atoms with Crippen molar-refractivity contribution in [3.63, 3.8) is 0 Å². The molecule has 14 heavy (non-hydrogen) atoms. The van der Waals surface area contributed by atoms with Gasteiger partial charge in [0.15, 0.2) is 0 Å². The maximum absolute atomic E-state index is 6.07. The molecule has 3 N–H and O–H groups in total. The first-order chi connectivity index (χ1) is 6.70. The molecule has 4 heteroatoms. The molecule has 4 nitrogen and oxygen atoms in total. The average molecular weight is 202 g/mol. The Labute approximate surface area is 86.1 Å². The van der Waals surface area contributed by atoms with Gasteiger partial charge in [0.25, 0.3) is 0 Å². The molecular weight excluding hydrogens is 180 g/mol. The first-order valence-corrected chi connectivity index (χ1v) is 5.21. The van der Waals surface area contributed by atoms with Gasteiger partial charge in [0, 0.05) is 32.8 Å². The van der Waals surface area contributed by atoms with Crippen LogP contribution in [0.4, 0.5) is 0 Å². The van der Waals surface area contributed by atoms with Gasteiger partial charge in [0.05, 0.1) is 12.7 Å². The van der Waals surface area contributed by atoms with Crippen LogP contribution in [0.25, 0.3) is 0 Å². The lowest BCUT2D eigenvalue weighted by molar-refractivity contribution is 0.0274. The van der Waals surface area contributed by atoms with Crippen molar-refractivity contribution in [2.24, 2.45) is 5.73 Å². The van der Waals surface area contributed by atoms with E-state index in [0.29, 0.717) is 6.61 Å². The first-order valence-electron chi connectivity index (χ1n) is 5.21. The van der Waals surface area contributed by atoms with Gasteiger partial charge in [0.2, 0.25) is 0 Å². The molecule has 0 radical (unpaired) electrons. The molecule has 0 aromatic heterocycles. The van der Waals surface area contributed by atoms with Crippen LogP contribution >= 0.6 is 0 Å². The van der Waals surface area contributed by atoms with Crippen LogP contribution in [-0.2, 0) is 9.47 Å². The lowest BCUT2D eigenvalue weighted by atomic mass is 9.78. The maximum atomic E-state index is 6.07. The van der Waals surface area contributed by atoms with Crippen molar-refractivity contribution in [1.29, 1.82) is 0 Å². The molecule has 1 unspecified atom stereocenters. The Balaban J connectivity index is 2.06. The molecule has 0 aromatic rings. The first kappa shape index (κ1) is 11.9. The summed E-state index contributed by atoms with van der Waals surface area (Å²) in [7, 11) is 3.38. The van der Waals surface area contributed by atoms with Crippen molar-refractivity contribution in [1.82, 2.24) is 5.32 Å². The second kappa shape index (κ2) is 5.66. The van der Waals surface area contributed by atoms with E-state index in [1.807, 2.05) is 0 Å². The highest BCUT2D eigenvalue weighted by Crippen LogP contribution is 2.27. The second-order valence-corrected chi connectivity index (χ2v) is 4.16. The Morgan fingerprint density at radius 2 is 2.14 bits per heavy atom. The van der Waals surface area contributed by atoms with Gasteiger partial charge in [-0.3, -0.25) is 0 Å². The zero-order valence-corrected chi connectivity index (χ0v) is 9.21. The van der Waals surface area contributed by atoms with Gasteiger partial charge in [-0.1, -0.05) is 0 Å². The molecule has 0 amide bonds. The standard InChI is InChI=1S/C10H22N2O2/c1-13-7-9(14-2)6-12-8-10(11)4-3-5-10/h9,12H,3-8,11H2,1-2H3. The van der Waals surface area contributed by atoms with Crippen LogP contribution in [0.2, 0.25) is 0 Å². The topological polar surface area (TPSA) is 56.5 Å². The number of hydrogen-bond acceptors (Lipinski definition) is 4. The fraction of sp³-hybridized carbons (Fsp3) is 1.00. The van der Waals surface area contributed by atoms with Gasteiger partial charge in [0.1, 0.15) is 0 Å². The van der Waals surface area contributed by atoms with Crippen molar-refractivity contribution < 1.29 is 9.47 Å². The second-order valence-electron chi connectivity index (χ2n) is 4.16. The van der Waals surface area contributed by atoms with Crippen LogP contribution in [-0.4, -0.2) is 45.6 Å². The summed E-state index contributed by atoms with van der Waals surface area (Å²) in [5.74, 6) is 0. The summed E-state index contributed by atoms with van der Waals surface area (Å²) < 4.78 is 10.3. The number of ether oxygens (including phenoxy) is 2. The maximum Gasteiger partial charge on any atom is 0.0928 e. The molecule has 0 aliphatic heterocycles. The summed E-state index contributed by atoms with van der Waals surface area (Å²) in [5, 5.41) is 3.33. The van der Waals surface area contributed by atoms with Gasteiger partial charge in [-0.2, -0.15) is 0 Å². The smallest absolute Gasteiger partial charge is 0.0928 e. The minimum absolute atomic E-state index is 0.0470. The van der Waals surface area contributed by atoms with E-state index < -0.39 is 0 Å². The molecular formula is C10H22N2O2. The molecule has 84 valence electrons. The summed E-state index contributed by atoms with van der Waals surface area (Å²) in [6.45, 7) is 2.32. The van der Waals surface area contributed by atoms with Gasteiger partial charge >= 0.3 is 0 Å². The lowest BCUT2D eigenvalue weighted by Crippen LogP contribution is -2.55. The van der Waals surface area contributed by atoms with E-state index in [4.69, 9.17) is 15.2 Å². The largest absolute Gasteiger partial charge is 0.382 e. The Morgan fingerprint density at radius 3 is 2.57 bits per heavy atom. The molecule has 0 heterocycles. The molecule has 0 aromatic carbocycles. The number of rotatable bonds is 7. The lowest BCUT2D eigenvalue weighted by Gasteiger charge is -2.38. The summed E-state index contributed by atoms with van der Waals surface area (Å²) in [6.07, 6.45) is 3.68. The highest BCUT2D eigenvalue weighted by molar-refractivity contribution is 4.94. The van der Waals surface area contributed by atoms with Crippen LogP contribution < -0.4 is 11.1 Å². The molecule has 1 saturated carbocycles. The fourth-order valence-electron chi connectivity index (χ4n) is 1.69. The van der Waals surface area contributed by atoms with Gasteiger partial charge in [-0.05, 0) is 19.3 Å². The van der Waals surface area contributed by atoms with Crippen LogP contribution in [0.3, 0.4) is 0 Å². The number of nitrogens with one attached hydrogen (secondary N) is 1. The summed E-state index contributed by atoms with van der Waals surface area (Å²) in [4.78, 5) is 0. The summed E-state index contributed by atoms with van der Waals surface area (Å²) in [5.41, 5.74) is 6.12. The van der Waals surface area contributed by atoms with Gasteiger partial charge in [-0.15, -0.1) is 0 Å².